The molecule has 0 radical (unpaired) electrons. The number of amides is 1. The van der Waals surface area contributed by atoms with Crippen LogP contribution in [0.25, 0.3) is 0 Å². The maximum Gasteiger partial charge on any atom is 0.204 e. The van der Waals surface area contributed by atoms with Crippen LogP contribution in [0.3, 0.4) is 0 Å². The van der Waals surface area contributed by atoms with Gasteiger partial charge in [0.1, 0.15) is 5.75 Å². The van der Waals surface area contributed by atoms with Crippen LogP contribution in [0.4, 0.5) is 0 Å². The molecular formula is C15H23NO2. The van der Waals surface area contributed by atoms with E-state index in [1.54, 1.807) is 7.11 Å². The van der Waals surface area contributed by atoms with E-state index in [0.717, 1.165) is 18.6 Å². The van der Waals surface area contributed by atoms with Crippen LogP contribution in [0.5, 0.6) is 5.75 Å². The summed E-state index contributed by atoms with van der Waals surface area (Å²) in [5, 5.41) is 0. The molecule has 0 unspecified atom stereocenters. The average molecular weight is 249 g/mol. The Morgan fingerprint density at radius 1 is 1.39 bits per heavy atom. The molecule has 0 aromatic heterocycles. The number of rotatable bonds is 6. The monoisotopic (exact) mass is 249 g/mol. The highest BCUT2D eigenvalue weighted by molar-refractivity contribution is 5.42. The van der Waals surface area contributed by atoms with Crippen LogP contribution in [-0.2, 0) is 11.2 Å². The Morgan fingerprint density at radius 2 is 2.06 bits per heavy atom. The van der Waals surface area contributed by atoms with Crippen LogP contribution >= 0.6 is 0 Å². The summed E-state index contributed by atoms with van der Waals surface area (Å²) in [7, 11) is 1.73. The molecule has 3 heteroatoms. The molecule has 1 aromatic rings. The van der Waals surface area contributed by atoms with Crippen molar-refractivity contribution in [3.05, 3.63) is 42.0 Å². The van der Waals surface area contributed by atoms with Gasteiger partial charge in [0.05, 0.1) is 7.11 Å². The fourth-order valence-electron chi connectivity index (χ4n) is 1.64. The first kappa shape index (κ1) is 16.2. The Hall–Kier alpha value is -1.77. The highest BCUT2D eigenvalue weighted by Crippen LogP contribution is 2.20. The van der Waals surface area contributed by atoms with Crippen LogP contribution in [0.15, 0.2) is 30.9 Å². The average Bonchev–Trinajstić information content (AvgIpc) is 2.37. The SMILES string of the molecule is C=CCCCCc1ccc(C)c(OC)c1.NC=O. The minimum absolute atomic E-state index is 0.250. The Kier molecular flexibility index (Phi) is 9.37. The lowest BCUT2D eigenvalue weighted by molar-refractivity contribution is -0.106. The summed E-state index contributed by atoms with van der Waals surface area (Å²) >= 11 is 0. The Morgan fingerprint density at radius 3 is 2.61 bits per heavy atom. The predicted molar refractivity (Wildman–Crippen MR) is 75.7 cm³/mol. The molecule has 0 fully saturated rings. The maximum absolute atomic E-state index is 8.58. The van der Waals surface area contributed by atoms with Gasteiger partial charge >= 0.3 is 0 Å². The molecule has 0 heterocycles. The van der Waals surface area contributed by atoms with Gasteiger partial charge in [-0.25, -0.2) is 0 Å². The minimum atomic E-state index is 0.250. The van der Waals surface area contributed by atoms with Gasteiger partial charge in [-0.05, 0) is 49.8 Å². The normalized spacial score (nSPS) is 9.00. The first-order chi connectivity index (χ1) is 8.69. The smallest absolute Gasteiger partial charge is 0.204 e. The number of unbranched alkanes of at least 4 members (excludes halogenated alkanes) is 2. The second-order valence-electron chi connectivity index (χ2n) is 3.97. The van der Waals surface area contributed by atoms with Crippen molar-refractivity contribution in [1.29, 1.82) is 0 Å². The second-order valence-corrected chi connectivity index (χ2v) is 3.97. The number of benzene rings is 1. The number of primary amides is 1. The van der Waals surface area contributed by atoms with Crippen LogP contribution in [0.2, 0.25) is 0 Å². The zero-order chi connectivity index (χ0) is 13.8. The van der Waals surface area contributed by atoms with Gasteiger partial charge in [0.2, 0.25) is 6.41 Å². The van der Waals surface area contributed by atoms with E-state index in [1.807, 2.05) is 6.08 Å². The topological polar surface area (TPSA) is 52.3 Å². The van der Waals surface area contributed by atoms with Gasteiger partial charge in [-0.3, -0.25) is 4.79 Å². The lowest BCUT2D eigenvalue weighted by Crippen LogP contribution is -1.91. The number of nitrogens with two attached hydrogens (primary N) is 1. The Bertz CT molecular complexity index is 362. The molecule has 1 amide bonds. The maximum atomic E-state index is 8.58. The fourth-order valence-corrected chi connectivity index (χ4v) is 1.64. The molecule has 0 aliphatic heterocycles. The van der Waals surface area contributed by atoms with E-state index in [4.69, 9.17) is 9.53 Å². The summed E-state index contributed by atoms with van der Waals surface area (Å²) in [6.45, 7) is 5.79. The molecule has 0 aliphatic carbocycles. The van der Waals surface area contributed by atoms with Gasteiger partial charge in [0.15, 0.2) is 0 Å². The largest absolute Gasteiger partial charge is 0.496 e. The van der Waals surface area contributed by atoms with Crippen molar-refractivity contribution in [3.8, 4) is 5.75 Å². The quantitative estimate of drug-likeness (QED) is 0.478. The lowest BCUT2D eigenvalue weighted by Gasteiger charge is -2.07. The van der Waals surface area contributed by atoms with Crippen molar-refractivity contribution in [2.24, 2.45) is 5.73 Å². The molecule has 0 aliphatic rings. The molecule has 2 N–H and O–H groups in total. The van der Waals surface area contributed by atoms with Crippen molar-refractivity contribution in [2.45, 2.75) is 32.6 Å². The van der Waals surface area contributed by atoms with E-state index < -0.39 is 0 Å². The highest BCUT2D eigenvalue weighted by Gasteiger charge is 1.99. The fraction of sp³-hybridized carbons (Fsp3) is 0.400. The van der Waals surface area contributed by atoms with Gasteiger partial charge < -0.3 is 10.5 Å². The number of allylic oxidation sites excluding steroid dienone is 1. The molecule has 100 valence electrons. The third kappa shape index (κ3) is 6.74. The van der Waals surface area contributed by atoms with Crippen LogP contribution in [0.1, 0.15) is 30.4 Å². The van der Waals surface area contributed by atoms with Gasteiger partial charge in [0.25, 0.3) is 0 Å². The second kappa shape index (κ2) is 10.4. The van der Waals surface area contributed by atoms with Gasteiger partial charge in [-0.15, -0.1) is 6.58 Å². The number of methoxy groups -OCH3 is 1. The molecule has 0 saturated carbocycles. The molecule has 0 spiro atoms. The predicted octanol–water partition coefficient (Wildman–Crippen LogP) is 3.00. The van der Waals surface area contributed by atoms with Crippen molar-refractivity contribution in [2.75, 3.05) is 7.11 Å². The Labute approximate surface area is 110 Å². The zero-order valence-corrected chi connectivity index (χ0v) is 11.3. The summed E-state index contributed by atoms with van der Waals surface area (Å²) in [6.07, 6.45) is 6.92. The first-order valence-electron chi connectivity index (χ1n) is 6.09. The highest BCUT2D eigenvalue weighted by atomic mass is 16.5. The molecule has 1 aromatic carbocycles. The molecule has 0 saturated heterocycles. The minimum Gasteiger partial charge on any atom is -0.496 e. The van der Waals surface area contributed by atoms with Crippen molar-refractivity contribution >= 4 is 6.41 Å². The number of carbonyl (C=O) groups is 1. The van der Waals surface area contributed by atoms with Gasteiger partial charge in [-0.2, -0.15) is 0 Å². The van der Waals surface area contributed by atoms with E-state index in [0.29, 0.717) is 0 Å². The lowest BCUT2D eigenvalue weighted by atomic mass is 10.0. The third-order valence-corrected chi connectivity index (χ3v) is 2.60. The van der Waals surface area contributed by atoms with E-state index in [2.05, 4.69) is 37.4 Å². The Balaban J connectivity index is 0.000000873. The van der Waals surface area contributed by atoms with Crippen LogP contribution in [-0.4, -0.2) is 13.5 Å². The summed E-state index contributed by atoms with van der Waals surface area (Å²) in [5.74, 6) is 0.997. The van der Waals surface area contributed by atoms with E-state index >= 15 is 0 Å². The number of aryl methyl sites for hydroxylation is 2. The molecular weight excluding hydrogens is 226 g/mol. The van der Waals surface area contributed by atoms with Crippen molar-refractivity contribution in [1.82, 2.24) is 0 Å². The number of ether oxygens (including phenoxy) is 1. The van der Waals surface area contributed by atoms with E-state index in [9.17, 15) is 0 Å². The van der Waals surface area contributed by atoms with Crippen molar-refractivity contribution in [3.63, 3.8) is 0 Å². The molecule has 0 bridgehead atoms. The third-order valence-electron chi connectivity index (χ3n) is 2.60. The summed E-state index contributed by atoms with van der Waals surface area (Å²) in [4.78, 5) is 8.58. The number of carbonyl (C=O) groups excluding carboxylic acids is 1. The molecule has 18 heavy (non-hydrogen) atoms. The van der Waals surface area contributed by atoms with Crippen LogP contribution in [0, 0.1) is 6.92 Å². The standard InChI is InChI=1S/C14H20O.CH3NO/c1-4-5-6-7-8-13-10-9-12(2)14(11-13)15-3;2-1-3/h4,9-11H,1,5-8H2,2-3H3;1H,(H2,2,3). The van der Waals surface area contributed by atoms with Gasteiger partial charge in [-0.1, -0.05) is 18.2 Å². The summed E-state index contributed by atoms with van der Waals surface area (Å²) in [6, 6.07) is 6.46. The first-order valence-corrected chi connectivity index (χ1v) is 6.09. The summed E-state index contributed by atoms with van der Waals surface area (Å²) in [5.41, 5.74) is 6.73. The molecule has 1 rings (SSSR count). The summed E-state index contributed by atoms with van der Waals surface area (Å²) < 4.78 is 5.30. The molecule has 0 atom stereocenters. The number of hydrogen-bond acceptors (Lipinski definition) is 2. The molecule has 3 nitrogen and oxygen atoms in total. The number of hydrogen-bond donors (Lipinski definition) is 1. The van der Waals surface area contributed by atoms with E-state index in [-0.39, 0.29) is 6.41 Å². The van der Waals surface area contributed by atoms with Gasteiger partial charge in [0, 0.05) is 0 Å². The van der Waals surface area contributed by atoms with E-state index in [1.165, 1.54) is 24.0 Å². The van der Waals surface area contributed by atoms with Crippen LogP contribution < -0.4 is 10.5 Å². The zero-order valence-electron chi connectivity index (χ0n) is 11.3. The van der Waals surface area contributed by atoms with Crippen molar-refractivity contribution < 1.29 is 9.53 Å².